The highest BCUT2D eigenvalue weighted by molar-refractivity contribution is 9.10. The number of para-hydroxylation sites is 1. The molecule has 8 nitrogen and oxygen atoms in total. The normalized spacial score (nSPS) is 14.6. The van der Waals surface area contributed by atoms with Gasteiger partial charge < -0.3 is 10.1 Å². The highest BCUT2D eigenvalue weighted by Crippen LogP contribution is 2.28. The average molecular weight is 573 g/mol. The summed E-state index contributed by atoms with van der Waals surface area (Å²) in [6, 6.07) is 15.5. The van der Waals surface area contributed by atoms with Crippen molar-refractivity contribution >= 4 is 68.7 Å². The summed E-state index contributed by atoms with van der Waals surface area (Å²) in [6.07, 6.45) is 1.33. The number of anilines is 2. The third-order valence-corrected chi connectivity index (χ3v) is 5.83. The maximum atomic E-state index is 13.7. The Kier molecular flexibility index (Phi) is 7.47. The molecule has 3 aromatic rings. The van der Waals surface area contributed by atoms with E-state index in [-0.39, 0.29) is 23.6 Å². The quantitative estimate of drug-likeness (QED) is 0.322. The van der Waals surface area contributed by atoms with E-state index in [1.807, 2.05) is 0 Å². The molecule has 0 saturated carbocycles. The molecule has 2 N–H and O–H groups in total. The van der Waals surface area contributed by atoms with Crippen molar-refractivity contribution in [3.63, 3.8) is 0 Å². The number of halogens is 3. The molecule has 11 heteroatoms. The molecule has 0 aliphatic carbocycles. The molecular formula is C25H16BrClFN3O5. The largest absolute Gasteiger partial charge is 0.483 e. The van der Waals surface area contributed by atoms with Gasteiger partial charge in [-0.25, -0.2) is 14.1 Å². The van der Waals surface area contributed by atoms with Crippen LogP contribution in [0.15, 0.2) is 76.8 Å². The van der Waals surface area contributed by atoms with Crippen LogP contribution in [0.1, 0.15) is 5.56 Å². The van der Waals surface area contributed by atoms with E-state index < -0.39 is 29.6 Å². The van der Waals surface area contributed by atoms with Gasteiger partial charge >= 0.3 is 6.03 Å². The van der Waals surface area contributed by atoms with Crippen molar-refractivity contribution in [3.05, 3.63) is 93.2 Å². The average Bonchev–Trinajstić information content (AvgIpc) is 2.84. The van der Waals surface area contributed by atoms with Gasteiger partial charge in [-0.15, -0.1) is 0 Å². The molecule has 1 saturated heterocycles. The minimum atomic E-state index is -0.872. The summed E-state index contributed by atoms with van der Waals surface area (Å²) < 4.78 is 19.6. The van der Waals surface area contributed by atoms with Gasteiger partial charge in [0.1, 0.15) is 17.1 Å². The first-order valence-electron chi connectivity index (χ1n) is 10.4. The van der Waals surface area contributed by atoms with Crippen LogP contribution in [0, 0.1) is 5.82 Å². The standard InChI is InChI=1S/C25H16BrClFN3O5/c26-18-12-14(5-10-21(18)36-13-22(32)29-20-4-2-1-3-19(20)28)11-17-23(33)30-25(35)31(24(17)34)16-8-6-15(27)7-9-16/h1-12H,13H2,(H,29,32)(H,30,33,35)/b17-11-. The van der Waals surface area contributed by atoms with Crippen molar-refractivity contribution in [3.8, 4) is 5.75 Å². The van der Waals surface area contributed by atoms with Crippen LogP contribution < -0.4 is 20.3 Å². The second kappa shape index (κ2) is 10.7. The lowest BCUT2D eigenvalue weighted by Crippen LogP contribution is -2.54. The maximum Gasteiger partial charge on any atom is 0.335 e. The Labute approximate surface area is 217 Å². The molecule has 1 aliphatic heterocycles. The number of hydrogen-bond acceptors (Lipinski definition) is 5. The molecule has 0 unspecified atom stereocenters. The van der Waals surface area contributed by atoms with E-state index >= 15 is 0 Å². The fourth-order valence-corrected chi connectivity index (χ4v) is 3.90. The van der Waals surface area contributed by atoms with Crippen molar-refractivity contribution in [2.75, 3.05) is 16.8 Å². The van der Waals surface area contributed by atoms with E-state index in [0.717, 1.165) is 4.90 Å². The maximum absolute atomic E-state index is 13.7. The van der Waals surface area contributed by atoms with Crippen LogP contribution in [-0.2, 0) is 14.4 Å². The molecule has 0 aromatic heterocycles. The predicted molar refractivity (Wildman–Crippen MR) is 135 cm³/mol. The number of carbonyl (C=O) groups excluding carboxylic acids is 4. The third kappa shape index (κ3) is 5.61. The third-order valence-electron chi connectivity index (χ3n) is 4.96. The molecule has 182 valence electrons. The smallest absolute Gasteiger partial charge is 0.335 e. The molecule has 0 atom stereocenters. The number of benzene rings is 3. The second-order valence-corrected chi connectivity index (χ2v) is 8.73. The zero-order valence-corrected chi connectivity index (χ0v) is 20.6. The first kappa shape index (κ1) is 25.1. The summed E-state index contributed by atoms with van der Waals surface area (Å²) in [7, 11) is 0. The van der Waals surface area contributed by atoms with E-state index in [0.29, 0.717) is 20.8 Å². The first-order valence-corrected chi connectivity index (χ1v) is 11.5. The highest BCUT2D eigenvalue weighted by atomic mass is 79.9. The van der Waals surface area contributed by atoms with Gasteiger partial charge in [0.05, 0.1) is 15.8 Å². The lowest BCUT2D eigenvalue weighted by molar-refractivity contribution is -0.122. The molecular weight excluding hydrogens is 557 g/mol. The Morgan fingerprint density at radius 3 is 2.50 bits per heavy atom. The van der Waals surface area contributed by atoms with E-state index in [1.54, 1.807) is 18.2 Å². The van der Waals surface area contributed by atoms with Crippen LogP contribution in [0.25, 0.3) is 6.08 Å². The minimum absolute atomic E-state index is 0.0358. The van der Waals surface area contributed by atoms with Gasteiger partial charge in [0.2, 0.25) is 0 Å². The minimum Gasteiger partial charge on any atom is -0.483 e. The Bertz CT molecular complexity index is 1410. The zero-order valence-electron chi connectivity index (χ0n) is 18.3. The molecule has 5 amide bonds. The molecule has 1 heterocycles. The van der Waals surface area contributed by atoms with Gasteiger partial charge in [-0.3, -0.25) is 19.7 Å². The summed E-state index contributed by atoms with van der Waals surface area (Å²) in [5, 5.41) is 4.98. The molecule has 0 spiro atoms. The number of imide groups is 2. The molecule has 3 aromatic carbocycles. The van der Waals surface area contributed by atoms with Crippen LogP contribution in [0.5, 0.6) is 5.75 Å². The topological polar surface area (TPSA) is 105 Å². The molecule has 36 heavy (non-hydrogen) atoms. The second-order valence-electron chi connectivity index (χ2n) is 7.44. The number of ether oxygens (including phenoxy) is 1. The van der Waals surface area contributed by atoms with Gasteiger partial charge in [0.25, 0.3) is 17.7 Å². The predicted octanol–water partition coefficient (Wildman–Crippen LogP) is 4.93. The lowest BCUT2D eigenvalue weighted by atomic mass is 10.1. The first-order chi connectivity index (χ1) is 17.2. The van der Waals surface area contributed by atoms with Gasteiger partial charge in [0, 0.05) is 5.02 Å². The van der Waals surface area contributed by atoms with Crippen LogP contribution in [0.3, 0.4) is 0 Å². The van der Waals surface area contributed by atoms with Crippen LogP contribution in [0.4, 0.5) is 20.6 Å². The Morgan fingerprint density at radius 2 is 1.81 bits per heavy atom. The molecule has 0 bridgehead atoms. The molecule has 4 rings (SSSR count). The van der Waals surface area contributed by atoms with E-state index in [9.17, 15) is 23.6 Å². The molecule has 1 fully saturated rings. The highest BCUT2D eigenvalue weighted by Gasteiger charge is 2.36. The fraction of sp³-hybridized carbons (Fsp3) is 0.0400. The van der Waals surface area contributed by atoms with Gasteiger partial charge in [0.15, 0.2) is 6.61 Å². The fourth-order valence-electron chi connectivity index (χ4n) is 3.26. The van der Waals surface area contributed by atoms with Gasteiger partial charge in [-0.2, -0.15) is 0 Å². The number of urea groups is 1. The van der Waals surface area contributed by atoms with Crippen molar-refractivity contribution in [2.24, 2.45) is 0 Å². The van der Waals surface area contributed by atoms with Gasteiger partial charge in [-0.05, 0) is 76.1 Å². The summed E-state index contributed by atoms with van der Waals surface area (Å²) in [4.78, 5) is 50.6. The Morgan fingerprint density at radius 1 is 1.08 bits per heavy atom. The van der Waals surface area contributed by atoms with Crippen LogP contribution in [-0.4, -0.2) is 30.4 Å². The summed E-state index contributed by atoms with van der Waals surface area (Å²) in [5.41, 5.74) is 0.482. The SMILES string of the molecule is O=C(COc1ccc(/C=C2/C(=O)NC(=O)N(c3ccc(Cl)cc3)C2=O)cc1Br)Nc1ccccc1F. The van der Waals surface area contributed by atoms with E-state index in [1.165, 1.54) is 54.6 Å². The number of carbonyl (C=O) groups is 4. The Hall–Kier alpha value is -4.02. The molecule has 1 aliphatic rings. The summed E-state index contributed by atoms with van der Waals surface area (Å²) >= 11 is 9.20. The number of rotatable bonds is 6. The number of amides is 5. The lowest BCUT2D eigenvalue weighted by Gasteiger charge is -2.26. The number of barbiturate groups is 1. The zero-order chi connectivity index (χ0) is 25.8. The Balaban J connectivity index is 1.48. The van der Waals surface area contributed by atoms with Crippen molar-refractivity contribution in [1.82, 2.24) is 5.32 Å². The van der Waals surface area contributed by atoms with Crippen molar-refractivity contribution in [2.45, 2.75) is 0 Å². The van der Waals surface area contributed by atoms with Crippen molar-refractivity contribution in [1.29, 1.82) is 0 Å². The number of nitrogens with zero attached hydrogens (tertiary/aromatic N) is 1. The molecule has 0 radical (unpaired) electrons. The van der Waals surface area contributed by atoms with Crippen LogP contribution in [0.2, 0.25) is 5.02 Å². The monoisotopic (exact) mass is 571 g/mol. The van der Waals surface area contributed by atoms with Gasteiger partial charge in [-0.1, -0.05) is 29.8 Å². The van der Waals surface area contributed by atoms with E-state index in [2.05, 4.69) is 26.6 Å². The van der Waals surface area contributed by atoms with Crippen LogP contribution >= 0.6 is 27.5 Å². The van der Waals surface area contributed by atoms with Crippen molar-refractivity contribution < 1.29 is 28.3 Å². The summed E-state index contributed by atoms with van der Waals surface area (Å²) in [5.74, 6) is -2.46. The summed E-state index contributed by atoms with van der Waals surface area (Å²) in [6.45, 7) is -0.383. The number of nitrogens with one attached hydrogen (secondary N) is 2. The van der Waals surface area contributed by atoms with E-state index in [4.69, 9.17) is 16.3 Å². The number of hydrogen-bond donors (Lipinski definition) is 2.